The van der Waals surface area contributed by atoms with E-state index < -0.39 is 17.7 Å². The minimum atomic E-state index is -0.717. The van der Waals surface area contributed by atoms with Crippen LogP contribution >= 0.6 is 0 Å². The number of fused-ring (bicyclic) bond motifs is 3. The van der Waals surface area contributed by atoms with Gasteiger partial charge in [-0.25, -0.2) is 23.4 Å². The highest BCUT2D eigenvalue weighted by Gasteiger charge is 2.43. The summed E-state index contributed by atoms with van der Waals surface area (Å²) in [4.78, 5) is 15.8. The molecule has 0 amide bonds. The summed E-state index contributed by atoms with van der Waals surface area (Å²) in [5.74, 6) is 1.74. The lowest BCUT2D eigenvalue weighted by Crippen LogP contribution is -2.48. The van der Waals surface area contributed by atoms with Gasteiger partial charge >= 0.3 is 0 Å². The molecule has 0 unspecified atom stereocenters. The van der Waals surface area contributed by atoms with Crippen molar-refractivity contribution < 1.29 is 13.5 Å². The Morgan fingerprint density at radius 3 is 2.68 bits per heavy atom. The molecule has 3 aliphatic rings. The highest BCUT2D eigenvalue weighted by molar-refractivity contribution is 5.42. The van der Waals surface area contributed by atoms with E-state index >= 15 is 0 Å². The summed E-state index contributed by atoms with van der Waals surface area (Å²) in [5.41, 5.74) is 1.24. The van der Waals surface area contributed by atoms with Crippen molar-refractivity contribution in [2.24, 2.45) is 11.8 Å². The second-order valence-electron chi connectivity index (χ2n) is 9.48. The van der Waals surface area contributed by atoms with Gasteiger partial charge in [0, 0.05) is 55.7 Å². The van der Waals surface area contributed by atoms with Crippen molar-refractivity contribution in [3.63, 3.8) is 0 Å². The van der Waals surface area contributed by atoms with Gasteiger partial charge < -0.3 is 15.0 Å². The number of aryl methyl sites for hydroxylation is 2. The number of anilines is 2. The van der Waals surface area contributed by atoms with E-state index in [1.165, 1.54) is 12.1 Å². The lowest BCUT2D eigenvalue weighted by Gasteiger charge is -2.38. The van der Waals surface area contributed by atoms with E-state index in [2.05, 4.69) is 20.2 Å². The number of hydrogen-bond acceptors (Lipinski definition) is 7. The molecule has 8 nitrogen and oxygen atoms in total. The van der Waals surface area contributed by atoms with Gasteiger partial charge in [0.25, 0.3) is 0 Å². The van der Waals surface area contributed by atoms with Crippen LogP contribution in [0.15, 0.2) is 30.6 Å². The van der Waals surface area contributed by atoms with Gasteiger partial charge in [-0.05, 0) is 44.1 Å². The molecule has 4 heterocycles. The molecule has 178 valence electrons. The number of nitrogens with zero attached hydrogens (tertiary/aromatic N) is 6. The fourth-order valence-corrected chi connectivity index (χ4v) is 5.61. The number of hydrogen-bond donors (Lipinski definition) is 1. The molecule has 0 radical (unpaired) electrons. The topological polar surface area (TPSA) is 81.0 Å². The maximum atomic E-state index is 14.5. The Morgan fingerprint density at radius 2 is 1.91 bits per heavy atom. The summed E-state index contributed by atoms with van der Waals surface area (Å²) < 4.78 is 35.7. The first-order valence-corrected chi connectivity index (χ1v) is 11.9. The van der Waals surface area contributed by atoms with Crippen molar-refractivity contribution >= 4 is 11.8 Å². The van der Waals surface area contributed by atoms with Gasteiger partial charge in [0.05, 0.1) is 0 Å². The lowest BCUT2D eigenvalue weighted by atomic mass is 9.92. The minimum absolute atomic E-state index is 0.271. The van der Waals surface area contributed by atoms with Crippen LogP contribution in [0.25, 0.3) is 0 Å². The predicted molar refractivity (Wildman–Crippen MR) is 121 cm³/mol. The summed E-state index contributed by atoms with van der Waals surface area (Å²) in [6.07, 6.45) is 3.94. The zero-order valence-corrected chi connectivity index (χ0v) is 19.0. The quantitative estimate of drug-likeness (QED) is 0.629. The highest BCUT2D eigenvalue weighted by atomic mass is 19.1. The second kappa shape index (κ2) is 8.57. The van der Waals surface area contributed by atoms with E-state index in [9.17, 15) is 8.78 Å². The number of nitrogens with one attached hydrogen (secondary N) is 1. The van der Waals surface area contributed by atoms with Crippen LogP contribution in [0.1, 0.15) is 42.4 Å². The molecular formula is C24H27F2N7O. The van der Waals surface area contributed by atoms with Gasteiger partial charge in [0.2, 0.25) is 5.95 Å². The van der Waals surface area contributed by atoms with E-state index in [1.54, 1.807) is 11.0 Å². The monoisotopic (exact) mass is 467 g/mol. The lowest BCUT2D eigenvalue weighted by molar-refractivity contribution is 0.0787. The number of ether oxygens (including phenoxy) is 1. The largest absolute Gasteiger partial charge is 0.365 e. The Kier molecular flexibility index (Phi) is 5.40. The van der Waals surface area contributed by atoms with Crippen LogP contribution in [-0.2, 0) is 11.3 Å². The van der Waals surface area contributed by atoms with Crippen molar-refractivity contribution in [1.29, 1.82) is 0 Å². The van der Waals surface area contributed by atoms with Crippen LogP contribution in [0.4, 0.5) is 20.5 Å². The van der Waals surface area contributed by atoms with Crippen molar-refractivity contribution in [2.45, 2.75) is 44.9 Å². The molecule has 2 aromatic heterocycles. The van der Waals surface area contributed by atoms with E-state index in [0.717, 1.165) is 49.9 Å². The summed E-state index contributed by atoms with van der Waals surface area (Å²) in [6, 6.07) is 5.87. The first kappa shape index (κ1) is 21.4. The molecule has 1 aromatic carbocycles. The molecular weight excluding hydrogens is 440 g/mol. The van der Waals surface area contributed by atoms with Crippen LogP contribution in [0, 0.1) is 30.4 Å². The van der Waals surface area contributed by atoms with Gasteiger partial charge in [-0.3, -0.25) is 0 Å². The fraction of sp³-hybridized carbons (Fsp3) is 0.500. The molecule has 1 aliphatic carbocycles. The summed E-state index contributed by atoms with van der Waals surface area (Å²) >= 11 is 0. The van der Waals surface area contributed by atoms with Crippen LogP contribution in [-0.4, -0.2) is 50.5 Å². The Morgan fingerprint density at radius 1 is 1.09 bits per heavy atom. The first-order chi connectivity index (χ1) is 16.5. The second-order valence-corrected chi connectivity index (χ2v) is 9.48. The van der Waals surface area contributed by atoms with E-state index in [4.69, 9.17) is 14.8 Å². The van der Waals surface area contributed by atoms with Crippen LogP contribution in [0.2, 0.25) is 0 Å². The third-order valence-electron chi connectivity index (χ3n) is 7.22. The molecule has 1 N–H and O–H groups in total. The maximum Gasteiger partial charge on any atom is 0.242 e. The molecule has 10 heteroatoms. The molecule has 2 bridgehead atoms. The predicted octanol–water partition coefficient (Wildman–Crippen LogP) is 3.49. The Bertz CT molecular complexity index is 1190. The molecule has 6 rings (SSSR count). The van der Waals surface area contributed by atoms with Gasteiger partial charge in [-0.1, -0.05) is 6.07 Å². The number of halogens is 2. The SMILES string of the molecule is Cc1cc(N2C[C@H]3CC[C@@H](C2)[C@@H]3Nc2nc3n(n2)CCCO[C@@H]3c2ccc(F)cc2F)ncn1. The highest BCUT2D eigenvalue weighted by Crippen LogP contribution is 2.40. The molecule has 2 aliphatic heterocycles. The summed E-state index contributed by atoms with van der Waals surface area (Å²) in [6.45, 7) is 4.93. The molecule has 1 saturated carbocycles. The molecule has 34 heavy (non-hydrogen) atoms. The smallest absolute Gasteiger partial charge is 0.242 e. The molecule has 3 aromatic rings. The molecule has 2 fully saturated rings. The zero-order valence-electron chi connectivity index (χ0n) is 19.0. The molecule has 1 saturated heterocycles. The van der Waals surface area contributed by atoms with Crippen LogP contribution < -0.4 is 10.2 Å². The van der Waals surface area contributed by atoms with Gasteiger partial charge in [-0.15, -0.1) is 5.10 Å². The minimum Gasteiger partial charge on any atom is -0.365 e. The number of benzene rings is 1. The van der Waals surface area contributed by atoms with Crippen LogP contribution in [0.5, 0.6) is 0 Å². The maximum absolute atomic E-state index is 14.5. The normalized spacial score (nSPS) is 26.3. The van der Waals surface area contributed by atoms with Gasteiger partial charge in [0.1, 0.15) is 29.9 Å². The Balaban J connectivity index is 1.23. The first-order valence-electron chi connectivity index (χ1n) is 11.9. The number of aromatic nitrogens is 5. The Labute approximate surface area is 196 Å². The average Bonchev–Trinajstić information content (AvgIpc) is 3.22. The van der Waals surface area contributed by atoms with Crippen molar-refractivity contribution in [1.82, 2.24) is 24.7 Å². The molecule has 0 spiro atoms. The summed E-state index contributed by atoms with van der Waals surface area (Å²) in [5, 5.41) is 8.28. The zero-order chi connectivity index (χ0) is 23.2. The third kappa shape index (κ3) is 3.89. The third-order valence-corrected chi connectivity index (χ3v) is 7.22. The van der Waals surface area contributed by atoms with E-state index in [1.807, 2.05) is 13.0 Å². The molecule has 4 atom stereocenters. The van der Waals surface area contributed by atoms with Crippen molar-refractivity contribution in [3.8, 4) is 0 Å². The van der Waals surface area contributed by atoms with Gasteiger partial charge in [0.15, 0.2) is 5.82 Å². The number of rotatable bonds is 4. The van der Waals surface area contributed by atoms with E-state index in [-0.39, 0.29) is 11.6 Å². The van der Waals surface area contributed by atoms with Crippen molar-refractivity contribution in [2.75, 3.05) is 29.9 Å². The fourth-order valence-electron chi connectivity index (χ4n) is 5.61. The number of piperidine rings is 1. The standard InChI is InChI=1S/C24H27F2N7O/c1-14-9-20(28-13-27-14)32-11-15-3-4-16(12-32)21(15)29-24-30-23-22(34-8-2-7-33(23)31-24)18-6-5-17(25)10-19(18)26/h5-6,9-10,13,15-16,21-22H,2-4,7-8,11-12H2,1H3,(H,29,31)/t15-,16+,21-,22-/m1/s1. The average molecular weight is 468 g/mol. The van der Waals surface area contributed by atoms with Crippen LogP contribution in [0.3, 0.4) is 0 Å². The Hall–Kier alpha value is -3.14. The summed E-state index contributed by atoms with van der Waals surface area (Å²) in [7, 11) is 0. The van der Waals surface area contributed by atoms with Crippen molar-refractivity contribution in [3.05, 3.63) is 59.3 Å². The van der Waals surface area contributed by atoms with E-state index in [0.29, 0.717) is 36.8 Å². The van der Waals surface area contributed by atoms with Gasteiger partial charge in [-0.2, -0.15) is 4.98 Å².